The molecule has 0 spiro atoms. The largest absolute Gasteiger partial charge is 0.428 e. The third-order valence-electron chi connectivity index (χ3n) is 1.20. The van der Waals surface area contributed by atoms with Crippen LogP contribution in [0.15, 0.2) is 3.77 Å². The Balaban J connectivity index is 5.19. The molecule has 0 heterocycles. The van der Waals surface area contributed by atoms with Gasteiger partial charge in [0.2, 0.25) is 0 Å². The maximum Gasteiger partial charge on any atom is 0.428 e. The fourth-order valence-electron chi connectivity index (χ4n) is 0.699. The van der Waals surface area contributed by atoms with Crippen molar-refractivity contribution in [2.75, 3.05) is 13.1 Å². The van der Waals surface area contributed by atoms with E-state index in [1.54, 1.807) is 0 Å². The highest BCUT2D eigenvalue weighted by Gasteiger charge is 2.20. The Morgan fingerprint density at radius 3 is 1.77 bits per heavy atom. The van der Waals surface area contributed by atoms with Crippen LogP contribution in [0.25, 0.3) is 0 Å². The Labute approximate surface area is 76.7 Å². The Morgan fingerprint density at radius 1 is 1.15 bits per heavy atom. The number of hydrogen-bond acceptors (Lipinski definition) is 3. The normalized spacial score (nSPS) is 17.0. The first-order chi connectivity index (χ1) is 5.73. The summed E-state index contributed by atoms with van der Waals surface area (Å²) in [6, 6.07) is 0. The minimum atomic E-state index is -5.41. The van der Waals surface area contributed by atoms with Gasteiger partial charge >= 0.3 is 10.4 Å². The maximum absolute atomic E-state index is 12.9. The highest BCUT2D eigenvalue weighted by molar-refractivity contribution is 7.97. The van der Waals surface area contributed by atoms with Gasteiger partial charge in [0.05, 0.1) is 0 Å². The molecule has 9 heteroatoms. The molecule has 1 unspecified atom stereocenters. The summed E-state index contributed by atoms with van der Waals surface area (Å²) in [7, 11) is -10.0. The van der Waals surface area contributed by atoms with Gasteiger partial charge in [-0.1, -0.05) is 17.7 Å². The Hall–Kier alpha value is -0.280. The van der Waals surface area contributed by atoms with Crippen molar-refractivity contribution in [3.8, 4) is 0 Å². The van der Waals surface area contributed by atoms with Crippen LogP contribution >= 0.6 is 0 Å². The summed E-state index contributed by atoms with van der Waals surface area (Å²) in [6.07, 6.45) is 0. The summed E-state index contributed by atoms with van der Waals surface area (Å²) in [4.78, 5) is 0. The molecule has 0 aromatic rings. The van der Waals surface area contributed by atoms with Crippen LogP contribution < -0.4 is 0 Å². The van der Waals surface area contributed by atoms with E-state index in [9.17, 15) is 20.4 Å². The van der Waals surface area contributed by atoms with Crippen molar-refractivity contribution in [3.63, 3.8) is 0 Å². The lowest BCUT2D eigenvalue weighted by atomic mass is 10.7. The molecule has 0 aliphatic heterocycles. The summed E-state index contributed by atoms with van der Waals surface area (Å²) in [5.41, 5.74) is 0. The lowest BCUT2D eigenvalue weighted by molar-refractivity contribution is 0.454. The van der Waals surface area contributed by atoms with Crippen LogP contribution in [-0.2, 0) is 20.7 Å². The molecule has 0 fully saturated rings. The average Bonchev–Trinajstić information content (AvgIpc) is 1.83. The molecule has 1 atom stereocenters. The van der Waals surface area contributed by atoms with Gasteiger partial charge in [-0.25, -0.2) is 0 Å². The van der Waals surface area contributed by atoms with Gasteiger partial charge in [-0.15, -0.1) is 3.89 Å². The van der Waals surface area contributed by atoms with Crippen LogP contribution in [0.5, 0.6) is 0 Å². The molecule has 5 nitrogen and oxygen atoms in total. The third kappa shape index (κ3) is 4.48. The number of nitrogens with zero attached hydrogens (tertiary/aromatic N) is 2. The van der Waals surface area contributed by atoms with Crippen molar-refractivity contribution in [1.29, 1.82) is 0 Å². The number of hydrogen-bond donors (Lipinski definition) is 0. The molecular weight excluding hydrogens is 226 g/mol. The topological polar surface area (TPSA) is 66.8 Å². The van der Waals surface area contributed by atoms with Crippen LogP contribution in [0.1, 0.15) is 13.8 Å². The highest BCUT2D eigenvalue weighted by atomic mass is 32.3. The molecule has 0 saturated carbocycles. The fourth-order valence-corrected chi connectivity index (χ4v) is 2.59. The molecule has 0 aliphatic carbocycles. The van der Waals surface area contributed by atoms with Gasteiger partial charge in [0.15, 0.2) is 0 Å². The second-order valence-electron chi connectivity index (χ2n) is 2.03. The van der Waals surface area contributed by atoms with Gasteiger partial charge in [0.1, 0.15) is 0 Å². The first-order valence-electron chi connectivity index (χ1n) is 3.40. The predicted octanol–water partition coefficient (Wildman–Crippen LogP) is 0.810. The van der Waals surface area contributed by atoms with Crippen molar-refractivity contribution < 1.29 is 20.4 Å². The van der Waals surface area contributed by atoms with Gasteiger partial charge in [0, 0.05) is 13.1 Å². The Kier molecular flexibility index (Phi) is 4.20. The lowest BCUT2D eigenvalue weighted by Crippen LogP contribution is -2.27. The van der Waals surface area contributed by atoms with Gasteiger partial charge < -0.3 is 0 Å². The van der Waals surface area contributed by atoms with E-state index in [-0.39, 0.29) is 13.1 Å². The van der Waals surface area contributed by atoms with Crippen molar-refractivity contribution in [3.05, 3.63) is 0 Å². The minimum absolute atomic E-state index is 0.0230. The molecule has 0 radical (unpaired) electrons. The zero-order valence-corrected chi connectivity index (χ0v) is 8.74. The summed E-state index contributed by atoms with van der Waals surface area (Å²) in [5, 5.41) is 0. The van der Waals surface area contributed by atoms with E-state index in [1.807, 2.05) is 3.77 Å². The summed E-state index contributed by atoms with van der Waals surface area (Å²) in [6.45, 7) is 2.85. The van der Waals surface area contributed by atoms with E-state index < -0.39 is 20.7 Å². The molecular formula is C4H10F2N2O3S2. The van der Waals surface area contributed by atoms with Crippen LogP contribution in [0.3, 0.4) is 0 Å². The van der Waals surface area contributed by atoms with Gasteiger partial charge in [-0.05, 0) is 3.77 Å². The van der Waals surface area contributed by atoms with Crippen LogP contribution in [0.4, 0.5) is 7.77 Å². The van der Waals surface area contributed by atoms with E-state index in [4.69, 9.17) is 0 Å². The standard InChI is InChI=1S/C4H10F2N2O3S2/c1-3-8(4-2)12(5,9)7-13(6,10)11/h3-4H2,1-2H3. The zero-order valence-electron chi connectivity index (χ0n) is 7.11. The van der Waals surface area contributed by atoms with Gasteiger partial charge in [0.25, 0.3) is 10.3 Å². The van der Waals surface area contributed by atoms with Crippen LogP contribution in [0.2, 0.25) is 0 Å². The first-order valence-corrected chi connectivity index (χ1v) is 6.12. The molecule has 0 amide bonds. The van der Waals surface area contributed by atoms with Gasteiger partial charge in [-0.3, -0.25) is 0 Å². The molecule has 0 aromatic heterocycles. The van der Waals surface area contributed by atoms with Crippen molar-refractivity contribution in [1.82, 2.24) is 4.31 Å². The monoisotopic (exact) mass is 236 g/mol. The van der Waals surface area contributed by atoms with E-state index in [2.05, 4.69) is 0 Å². The molecule has 0 N–H and O–H groups in total. The van der Waals surface area contributed by atoms with E-state index in [1.165, 1.54) is 13.8 Å². The molecule has 13 heavy (non-hydrogen) atoms. The third-order valence-corrected chi connectivity index (χ3v) is 3.81. The molecule has 0 rings (SSSR count). The SMILES string of the molecule is CCN(CC)S(=O)(F)=NS(=O)(=O)F. The van der Waals surface area contributed by atoms with Crippen molar-refractivity contribution in [2.45, 2.75) is 13.8 Å². The zero-order chi connectivity index (χ0) is 10.7. The minimum Gasteiger partial charge on any atom is -0.198 e. The Morgan fingerprint density at radius 2 is 1.54 bits per heavy atom. The smallest absolute Gasteiger partial charge is 0.198 e. The molecule has 0 aliphatic rings. The molecule has 0 saturated heterocycles. The quantitative estimate of drug-likeness (QED) is 0.678. The second-order valence-corrected chi connectivity index (χ2v) is 4.83. The number of rotatable bonds is 4. The summed E-state index contributed by atoms with van der Waals surface area (Å²) < 4.78 is 58.0. The van der Waals surface area contributed by atoms with Crippen molar-refractivity contribution in [2.24, 2.45) is 3.77 Å². The summed E-state index contributed by atoms with van der Waals surface area (Å²) in [5.74, 6) is 0. The molecule has 80 valence electrons. The maximum atomic E-state index is 12.9. The fraction of sp³-hybridized carbons (Fsp3) is 1.00. The van der Waals surface area contributed by atoms with Crippen LogP contribution in [-0.4, -0.2) is 30.0 Å². The first kappa shape index (κ1) is 12.7. The molecule has 0 bridgehead atoms. The summed E-state index contributed by atoms with van der Waals surface area (Å²) >= 11 is 0. The van der Waals surface area contributed by atoms with Gasteiger partial charge in [-0.2, -0.15) is 16.9 Å². The van der Waals surface area contributed by atoms with Crippen molar-refractivity contribution >= 4 is 20.7 Å². The van der Waals surface area contributed by atoms with E-state index in [0.29, 0.717) is 4.31 Å². The van der Waals surface area contributed by atoms with E-state index in [0.717, 1.165) is 0 Å². The number of halogens is 2. The average molecular weight is 236 g/mol. The van der Waals surface area contributed by atoms with E-state index >= 15 is 0 Å². The second kappa shape index (κ2) is 4.29. The predicted molar refractivity (Wildman–Crippen MR) is 44.6 cm³/mol. The highest BCUT2D eigenvalue weighted by Crippen LogP contribution is 2.10. The Bertz CT molecular complexity index is 367. The van der Waals surface area contributed by atoms with Crippen LogP contribution in [0, 0.1) is 0 Å². The molecule has 0 aromatic carbocycles. The lowest BCUT2D eigenvalue weighted by Gasteiger charge is -2.14.